The number of hydrogen-bond donors (Lipinski definition) is 0. The average molecular weight is 272 g/mol. The molecule has 4 heteroatoms. The minimum atomic E-state index is -1.23. The predicted molar refractivity (Wildman–Crippen MR) is 75.6 cm³/mol. The van der Waals surface area contributed by atoms with Crippen LogP contribution in [0.5, 0.6) is 0 Å². The van der Waals surface area contributed by atoms with Crippen molar-refractivity contribution < 1.29 is 9.90 Å². The van der Waals surface area contributed by atoms with Crippen molar-refractivity contribution in [2.24, 2.45) is 0 Å². The molecule has 0 aliphatic heterocycles. The highest BCUT2D eigenvalue weighted by molar-refractivity contribution is 6.25. The third-order valence-electron chi connectivity index (χ3n) is 3.23. The Balaban J connectivity index is 0.000000494. The number of halogens is 1. The zero-order valence-corrected chi connectivity index (χ0v) is 12.1. The molecule has 0 saturated heterocycles. The van der Waals surface area contributed by atoms with Gasteiger partial charge in [0.15, 0.2) is 0 Å². The summed E-state index contributed by atoms with van der Waals surface area (Å²) in [6.07, 6.45) is 0. The molecular weight excluding hydrogens is 250 g/mol. The van der Waals surface area contributed by atoms with E-state index in [1.807, 2.05) is 0 Å². The molecule has 1 rings (SSSR count). The highest BCUT2D eigenvalue weighted by Crippen LogP contribution is 2.21. The molecule has 0 aromatic heterocycles. The van der Waals surface area contributed by atoms with Crippen LogP contribution in [0.2, 0.25) is 0 Å². The standard InChI is InChI=1S/C12H20N.C2H3ClO2/c1-4-13(5-2,6-3)12-10-8-7-9-11-12;3-1-2(4)5/h7-11H,4-6H2,1-3H3;1H2,(H,4,5)/q+1;/p-1. The molecule has 1 aromatic rings. The van der Waals surface area contributed by atoms with Gasteiger partial charge in [0.2, 0.25) is 0 Å². The molecule has 0 N–H and O–H groups in total. The Bertz CT molecular complexity index is 329. The fourth-order valence-corrected chi connectivity index (χ4v) is 1.96. The van der Waals surface area contributed by atoms with Crippen LogP contribution in [0.4, 0.5) is 5.69 Å². The van der Waals surface area contributed by atoms with Gasteiger partial charge >= 0.3 is 0 Å². The van der Waals surface area contributed by atoms with Crippen LogP contribution in [0.3, 0.4) is 0 Å². The second kappa shape index (κ2) is 8.95. The average Bonchev–Trinajstić information content (AvgIpc) is 2.43. The smallest absolute Gasteiger partial charge is 0.132 e. The maximum Gasteiger partial charge on any atom is 0.132 e. The first-order valence-corrected chi connectivity index (χ1v) is 6.77. The highest BCUT2D eigenvalue weighted by Gasteiger charge is 2.23. The SMILES string of the molecule is CC[N+](CC)(CC)c1ccccc1.O=C([O-])CCl. The van der Waals surface area contributed by atoms with Crippen LogP contribution in [-0.2, 0) is 4.79 Å². The van der Waals surface area contributed by atoms with Gasteiger partial charge in [-0.05, 0) is 32.9 Å². The van der Waals surface area contributed by atoms with Crippen molar-refractivity contribution in [1.29, 1.82) is 0 Å². The number of benzene rings is 1. The van der Waals surface area contributed by atoms with Crippen LogP contribution in [0, 0.1) is 0 Å². The molecule has 0 unspecified atom stereocenters. The van der Waals surface area contributed by atoms with Gasteiger partial charge in [0.1, 0.15) is 5.69 Å². The highest BCUT2D eigenvalue weighted by atomic mass is 35.5. The Morgan fingerprint density at radius 2 is 1.50 bits per heavy atom. The normalized spacial score (nSPS) is 10.4. The van der Waals surface area contributed by atoms with Crippen molar-refractivity contribution in [3.8, 4) is 0 Å². The van der Waals surface area contributed by atoms with Crippen molar-refractivity contribution in [3.05, 3.63) is 30.3 Å². The molecular formula is C14H22ClNO2. The third kappa shape index (κ3) is 5.07. The van der Waals surface area contributed by atoms with Gasteiger partial charge in [0, 0.05) is 0 Å². The van der Waals surface area contributed by atoms with Gasteiger partial charge in [-0.1, -0.05) is 18.2 Å². The first kappa shape index (κ1) is 16.9. The van der Waals surface area contributed by atoms with Gasteiger partial charge in [-0.15, -0.1) is 11.6 Å². The second-order valence-corrected chi connectivity index (χ2v) is 4.20. The molecule has 0 radical (unpaired) electrons. The first-order chi connectivity index (χ1) is 8.56. The lowest BCUT2D eigenvalue weighted by molar-refractivity contribution is -0.301. The van der Waals surface area contributed by atoms with Crippen molar-refractivity contribution in [2.75, 3.05) is 25.5 Å². The summed E-state index contributed by atoms with van der Waals surface area (Å²) in [7, 11) is 0. The lowest BCUT2D eigenvalue weighted by atomic mass is 10.2. The summed E-state index contributed by atoms with van der Waals surface area (Å²) in [6.45, 7) is 10.3. The van der Waals surface area contributed by atoms with E-state index in [-0.39, 0.29) is 0 Å². The van der Waals surface area contributed by atoms with Gasteiger partial charge in [0.25, 0.3) is 0 Å². The first-order valence-electron chi connectivity index (χ1n) is 6.23. The van der Waals surface area contributed by atoms with E-state index in [0.29, 0.717) is 0 Å². The molecule has 0 heterocycles. The van der Waals surface area contributed by atoms with Crippen LogP contribution in [0.15, 0.2) is 30.3 Å². The van der Waals surface area contributed by atoms with Gasteiger partial charge in [-0.25, -0.2) is 0 Å². The maximum atomic E-state index is 9.12. The second-order valence-electron chi connectivity index (χ2n) is 3.94. The quantitative estimate of drug-likeness (QED) is 0.607. The molecule has 0 aliphatic rings. The third-order valence-corrected chi connectivity index (χ3v) is 3.45. The number of carbonyl (C=O) groups is 1. The number of carboxylic acid groups (broad SMARTS) is 1. The maximum absolute atomic E-state index is 9.12. The molecule has 0 spiro atoms. The zero-order chi connectivity index (χ0) is 14.0. The number of quaternary nitrogens is 1. The summed E-state index contributed by atoms with van der Waals surface area (Å²) in [5, 5.41) is 9.12. The summed E-state index contributed by atoms with van der Waals surface area (Å²) in [5.41, 5.74) is 1.44. The number of hydrogen-bond acceptors (Lipinski definition) is 2. The van der Waals surface area contributed by atoms with Crippen LogP contribution in [0.25, 0.3) is 0 Å². The topological polar surface area (TPSA) is 40.1 Å². The summed E-state index contributed by atoms with van der Waals surface area (Å²) in [4.78, 5) is 9.12. The van der Waals surface area contributed by atoms with Crippen molar-refractivity contribution >= 4 is 23.3 Å². The number of rotatable bonds is 5. The number of carbonyl (C=O) groups excluding carboxylic acids is 1. The van der Waals surface area contributed by atoms with Gasteiger partial charge in [-0.3, -0.25) is 4.48 Å². The zero-order valence-electron chi connectivity index (χ0n) is 11.4. The number of alkyl halides is 1. The molecule has 18 heavy (non-hydrogen) atoms. The Morgan fingerprint density at radius 1 is 1.11 bits per heavy atom. The molecule has 1 aromatic carbocycles. The Morgan fingerprint density at radius 3 is 1.78 bits per heavy atom. The van der Waals surface area contributed by atoms with Crippen LogP contribution in [0.1, 0.15) is 20.8 Å². The minimum Gasteiger partial charge on any atom is -0.549 e. The lowest BCUT2D eigenvalue weighted by Crippen LogP contribution is -2.48. The summed E-state index contributed by atoms with van der Waals surface area (Å²) in [5.74, 6) is -1.65. The number of nitrogens with zero attached hydrogens (tertiary/aromatic N) is 1. The number of aliphatic carboxylic acids is 1. The Hall–Kier alpha value is -1.06. The summed E-state index contributed by atoms with van der Waals surface area (Å²) in [6, 6.07) is 10.8. The lowest BCUT2D eigenvalue weighted by Gasteiger charge is -2.35. The van der Waals surface area contributed by atoms with E-state index < -0.39 is 11.8 Å². The van der Waals surface area contributed by atoms with E-state index in [1.165, 1.54) is 25.3 Å². The van der Waals surface area contributed by atoms with Gasteiger partial charge in [-0.2, -0.15) is 0 Å². The number of para-hydroxylation sites is 1. The Labute approximate surface area is 115 Å². The predicted octanol–water partition coefficient (Wildman–Crippen LogP) is 2.03. The number of carboxylic acids is 1. The van der Waals surface area contributed by atoms with Crippen LogP contribution < -0.4 is 9.59 Å². The van der Waals surface area contributed by atoms with E-state index >= 15 is 0 Å². The molecule has 0 saturated carbocycles. The fourth-order valence-electron chi connectivity index (χ4n) is 1.96. The van der Waals surface area contributed by atoms with Crippen LogP contribution >= 0.6 is 11.6 Å². The van der Waals surface area contributed by atoms with Gasteiger partial charge in [0.05, 0.1) is 31.5 Å². The molecule has 0 atom stereocenters. The van der Waals surface area contributed by atoms with E-state index in [4.69, 9.17) is 9.90 Å². The summed E-state index contributed by atoms with van der Waals surface area (Å²) >= 11 is 4.67. The monoisotopic (exact) mass is 271 g/mol. The molecule has 0 fully saturated rings. The van der Waals surface area contributed by atoms with Crippen molar-refractivity contribution in [2.45, 2.75) is 20.8 Å². The molecule has 0 bridgehead atoms. The molecule has 3 nitrogen and oxygen atoms in total. The Kier molecular flexibility index (Phi) is 8.42. The van der Waals surface area contributed by atoms with Gasteiger partial charge < -0.3 is 9.90 Å². The van der Waals surface area contributed by atoms with Crippen molar-refractivity contribution in [1.82, 2.24) is 4.48 Å². The van der Waals surface area contributed by atoms with E-state index in [9.17, 15) is 0 Å². The molecule has 0 amide bonds. The van der Waals surface area contributed by atoms with Crippen molar-refractivity contribution in [3.63, 3.8) is 0 Å². The minimum absolute atomic E-state index is 0.417. The van der Waals surface area contributed by atoms with E-state index in [1.54, 1.807) is 0 Å². The largest absolute Gasteiger partial charge is 0.549 e. The summed E-state index contributed by atoms with van der Waals surface area (Å²) < 4.78 is 1.10. The molecule has 102 valence electrons. The fraction of sp³-hybridized carbons (Fsp3) is 0.500. The van der Waals surface area contributed by atoms with E-state index in [0.717, 1.165) is 4.48 Å². The van der Waals surface area contributed by atoms with Crippen LogP contribution in [-0.4, -0.2) is 31.5 Å². The van der Waals surface area contributed by atoms with E-state index in [2.05, 4.69) is 62.7 Å². The molecule has 0 aliphatic carbocycles.